The van der Waals surface area contributed by atoms with Gasteiger partial charge in [-0.25, -0.2) is 9.37 Å². The minimum Gasteiger partial charge on any atom is -0.345 e. The van der Waals surface area contributed by atoms with E-state index in [1.807, 2.05) is 12.1 Å². The lowest BCUT2D eigenvalue weighted by Gasteiger charge is -2.39. The molecule has 0 spiro atoms. The number of carbonyl (C=O) groups excluding carboxylic acids is 1. The first-order valence-electron chi connectivity index (χ1n) is 6.23. The van der Waals surface area contributed by atoms with E-state index in [4.69, 9.17) is 5.73 Å². The van der Waals surface area contributed by atoms with Crippen molar-refractivity contribution in [1.29, 1.82) is 0 Å². The van der Waals surface area contributed by atoms with Crippen molar-refractivity contribution in [3.63, 3.8) is 0 Å². The standard InChI is InChI=1S/C13H15FN4O/c14-13(6-15)4-8(5-13)12(19)18-9-1-2-10-11(3-9)17-7-16-10/h1-3,7-8H,4-6,15H2,(H,16,17)(H,18,19). The van der Waals surface area contributed by atoms with Crippen LogP contribution in [0.2, 0.25) is 0 Å². The number of H-pyrrole nitrogens is 1. The maximum Gasteiger partial charge on any atom is 0.227 e. The van der Waals surface area contributed by atoms with E-state index in [2.05, 4.69) is 15.3 Å². The van der Waals surface area contributed by atoms with Gasteiger partial charge >= 0.3 is 0 Å². The van der Waals surface area contributed by atoms with Gasteiger partial charge in [0.15, 0.2) is 0 Å². The number of fused-ring (bicyclic) bond motifs is 1. The highest BCUT2D eigenvalue weighted by Gasteiger charge is 2.47. The predicted octanol–water partition coefficient (Wildman–Crippen LogP) is 1.58. The van der Waals surface area contributed by atoms with Crippen LogP contribution in [0.15, 0.2) is 24.5 Å². The largest absolute Gasteiger partial charge is 0.345 e. The van der Waals surface area contributed by atoms with E-state index < -0.39 is 5.67 Å². The second kappa shape index (κ2) is 4.31. The number of rotatable bonds is 3. The van der Waals surface area contributed by atoms with Crippen molar-refractivity contribution < 1.29 is 9.18 Å². The lowest BCUT2D eigenvalue weighted by molar-refractivity contribution is -0.128. The summed E-state index contributed by atoms with van der Waals surface area (Å²) in [5.74, 6) is -0.438. The number of aromatic nitrogens is 2. The van der Waals surface area contributed by atoms with Crippen LogP contribution in [0.4, 0.5) is 10.1 Å². The van der Waals surface area contributed by atoms with Crippen molar-refractivity contribution in [2.75, 3.05) is 11.9 Å². The topological polar surface area (TPSA) is 83.8 Å². The number of aromatic amines is 1. The number of carbonyl (C=O) groups is 1. The summed E-state index contributed by atoms with van der Waals surface area (Å²) in [5.41, 5.74) is 6.34. The van der Waals surface area contributed by atoms with E-state index in [1.165, 1.54) is 0 Å². The Morgan fingerprint density at radius 2 is 2.37 bits per heavy atom. The molecule has 1 aromatic carbocycles. The molecule has 6 heteroatoms. The fourth-order valence-electron chi connectivity index (χ4n) is 2.43. The Morgan fingerprint density at radius 3 is 3.11 bits per heavy atom. The molecule has 0 atom stereocenters. The monoisotopic (exact) mass is 262 g/mol. The zero-order chi connectivity index (χ0) is 13.5. The van der Waals surface area contributed by atoms with Gasteiger partial charge in [-0.1, -0.05) is 0 Å². The number of hydrogen-bond acceptors (Lipinski definition) is 3. The summed E-state index contributed by atoms with van der Waals surface area (Å²) in [7, 11) is 0. The second-order valence-electron chi connectivity index (χ2n) is 5.08. The molecule has 1 saturated carbocycles. The summed E-state index contributed by atoms with van der Waals surface area (Å²) in [6, 6.07) is 5.41. The normalized spacial score (nSPS) is 26.1. The maximum atomic E-state index is 13.6. The molecule has 1 heterocycles. The Morgan fingerprint density at radius 1 is 1.58 bits per heavy atom. The molecule has 1 aromatic heterocycles. The highest BCUT2D eigenvalue weighted by Crippen LogP contribution is 2.40. The average Bonchev–Trinajstić information content (AvgIpc) is 2.82. The first kappa shape index (κ1) is 12.1. The van der Waals surface area contributed by atoms with Crippen molar-refractivity contribution in [3.05, 3.63) is 24.5 Å². The molecule has 19 heavy (non-hydrogen) atoms. The summed E-state index contributed by atoms with van der Waals surface area (Å²) in [6.45, 7) is -0.0170. The second-order valence-corrected chi connectivity index (χ2v) is 5.08. The van der Waals surface area contributed by atoms with E-state index in [1.54, 1.807) is 12.4 Å². The van der Waals surface area contributed by atoms with Gasteiger partial charge < -0.3 is 16.0 Å². The number of nitrogens with zero attached hydrogens (tertiary/aromatic N) is 1. The van der Waals surface area contributed by atoms with E-state index in [9.17, 15) is 9.18 Å². The fraction of sp³-hybridized carbons (Fsp3) is 0.385. The van der Waals surface area contributed by atoms with Crippen molar-refractivity contribution in [1.82, 2.24) is 9.97 Å². The molecule has 1 amide bonds. The third-order valence-corrected chi connectivity index (χ3v) is 3.65. The number of nitrogens with two attached hydrogens (primary N) is 1. The molecule has 0 aliphatic heterocycles. The minimum absolute atomic E-state index is 0.0170. The van der Waals surface area contributed by atoms with Crippen LogP contribution < -0.4 is 11.1 Å². The van der Waals surface area contributed by atoms with Gasteiger partial charge in [-0.05, 0) is 31.0 Å². The van der Waals surface area contributed by atoms with E-state index in [-0.39, 0.29) is 31.2 Å². The van der Waals surface area contributed by atoms with Gasteiger partial charge in [0.1, 0.15) is 5.67 Å². The molecule has 0 bridgehead atoms. The molecule has 3 rings (SSSR count). The molecule has 1 aliphatic carbocycles. The molecule has 1 fully saturated rings. The summed E-state index contributed by atoms with van der Waals surface area (Å²) in [4.78, 5) is 19.0. The Bertz CT molecular complexity index is 618. The number of nitrogens with one attached hydrogen (secondary N) is 2. The Hall–Kier alpha value is -1.95. The summed E-state index contributed by atoms with van der Waals surface area (Å²) in [5, 5.41) is 2.79. The van der Waals surface area contributed by atoms with Crippen molar-refractivity contribution in [2.24, 2.45) is 11.7 Å². The Balaban J connectivity index is 1.66. The number of amides is 1. The number of benzene rings is 1. The third kappa shape index (κ3) is 2.19. The first-order chi connectivity index (χ1) is 9.09. The predicted molar refractivity (Wildman–Crippen MR) is 70.3 cm³/mol. The van der Waals surface area contributed by atoms with Crippen LogP contribution in [-0.4, -0.2) is 28.1 Å². The number of halogens is 1. The van der Waals surface area contributed by atoms with Crippen LogP contribution in [0.25, 0.3) is 11.0 Å². The number of anilines is 1. The number of alkyl halides is 1. The van der Waals surface area contributed by atoms with Gasteiger partial charge in [0.25, 0.3) is 0 Å². The molecule has 4 N–H and O–H groups in total. The smallest absolute Gasteiger partial charge is 0.227 e. The van der Waals surface area contributed by atoms with Gasteiger partial charge in [-0.15, -0.1) is 0 Å². The molecule has 0 radical (unpaired) electrons. The molecular formula is C13H15FN4O. The minimum atomic E-state index is -1.35. The zero-order valence-electron chi connectivity index (χ0n) is 10.3. The molecule has 0 unspecified atom stereocenters. The van der Waals surface area contributed by atoms with Crippen LogP contribution in [0.3, 0.4) is 0 Å². The highest BCUT2D eigenvalue weighted by molar-refractivity contribution is 5.95. The Labute approximate surface area is 109 Å². The van der Waals surface area contributed by atoms with Gasteiger partial charge in [0.05, 0.1) is 17.4 Å². The lowest BCUT2D eigenvalue weighted by Crippen LogP contribution is -2.49. The van der Waals surface area contributed by atoms with Gasteiger partial charge in [0.2, 0.25) is 5.91 Å². The fourth-order valence-corrected chi connectivity index (χ4v) is 2.43. The summed E-state index contributed by atoms with van der Waals surface area (Å²) in [6.07, 6.45) is 2.02. The van der Waals surface area contributed by atoms with Crippen molar-refractivity contribution in [2.45, 2.75) is 18.5 Å². The van der Waals surface area contributed by atoms with Gasteiger partial charge in [-0.2, -0.15) is 0 Å². The number of hydrogen-bond donors (Lipinski definition) is 3. The van der Waals surface area contributed by atoms with Crippen molar-refractivity contribution >= 4 is 22.6 Å². The summed E-state index contributed by atoms with van der Waals surface area (Å²) < 4.78 is 13.6. The SMILES string of the molecule is NCC1(F)CC(C(=O)Nc2ccc3nc[nH]c3c2)C1. The maximum absolute atomic E-state index is 13.6. The van der Waals surface area contributed by atoms with Crippen LogP contribution >= 0.6 is 0 Å². The molecule has 0 saturated heterocycles. The Kier molecular flexibility index (Phi) is 2.74. The molecule has 1 aliphatic rings. The van der Waals surface area contributed by atoms with Crippen LogP contribution in [0.1, 0.15) is 12.8 Å². The highest BCUT2D eigenvalue weighted by atomic mass is 19.1. The van der Waals surface area contributed by atoms with E-state index in [0.29, 0.717) is 5.69 Å². The summed E-state index contributed by atoms with van der Waals surface area (Å²) >= 11 is 0. The lowest BCUT2D eigenvalue weighted by atomic mass is 9.72. The van der Waals surface area contributed by atoms with Crippen LogP contribution in [-0.2, 0) is 4.79 Å². The third-order valence-electron chi connectivity index (χ3n) is 3.65. The van der Waals surface area contributed by atoms with E-state index >= 15 is 0 Å². The number of imidazole rings is 1. The van der Waals surface area contributed by atoms with Crippen LogP contribution in [0.5, 0.6) is 0 Å². The van der Waals surface area contributed by atoms with E-state index in [0.717, 1.165) is 11.0 Å². The van der Waals surface area contributed by atoms with Crippen LogP contribution in [0, 0.1) is 5.92 Å². The van der Waals surface area contributed by atoms with Gasteiger partial charge in [0, 0.05) is 18.2 Å². The molecule has 2 aromatic rings. The van der Waals surface area contributed by atoms with Gasteiger partial charge in [-0.3, -0.25) is 4.79 Å². The zero-order valence-corrected chi connectivity index (χ0v) is 10.3. The molecular weight excluding hydrogens is 247 g/mol. The van der Waals surface area contributed by atoms with Crippen molar-refractivity contribution in [3.8, 4) is 0 Å². The molecule has 5 nitrogen and oxygen atoms in total. The average molecular weight is 262 g/mol. The molecule has 100 valence electrons. The quantitative estimate of drug-likeness (QED) is 0.785. The first-order valence-corrected chi connectivity index (χ1v) is 6.23.